The molecule has 0 aromatic rings. The first kappa shape index (κ1) is 13.7. The van der Waals surface area contributed by atoms with Crippen LogP contribution in [-0.4, -0.2) is 28.4 Å². The van der Waals surface area contributed by atoms with Crippen LogP contribution in [0.1, 0.15) is 40.5 Å². The van der Waals surface area contributed by atoms with Gasteiger partial charge in [-0.3, -0.25) is 4.79 Å². The van der Waals surface area contributed by atoms with Crippen LogP contribution >= 0.6 is 0 Å². The fourth-order valence-corrected chi connectivity index (χ4v) is 2.59. The summed E-state index contributed by atoms with van der Waals surface area (Å²) in [5.41, 5.74) is 0.249. The minimum atomic E-state index is -0.601. The van der Waals surface area contributed by atoms with Gasteiger partial charge in [0.15, 0.2) is 0 Å². The Balaban J connectivity index is 2.33. The number of amides is 1. The second-order valence-corrected chi connectivity index (χ2v) is 6.08. The van der Waals surface area contributed by atoms with E-state index < -0.39 is 11.6 Å². The van der Waals surface area contributed by atoms with Crippen molar-refractivity contribution in [1.82, 2.24) is 4.90 Å². The molecule has 1 saturated heterocycles. The van der Waals surface area contributed by atoms with E-state index in [-0.39, 0.29) is 23.6 Å². The summed E-state index contributed by atoms with van der Waals surface area (Å²) in [7, 11) is 0. The van der Waals surface area contributed by atoms with Crippen LogP contribution in [0.2, 0.25) is 0 Å². The number of carbonyl (C=O) groups excluding carboxylic acids is 2. The number of terminal acetylenes is 1. The Bertz CT molecular complexity index is 504. The van der Waals surface area contributed by atoms with Crippen molar-refractivity contribution in [1.29, 1.82) is 0 Å². The molecule has 0 aliphatic carbocycles. The van der Waals surface area contributed by atoms with Gasteiger partial charge in [0.2, 0.25) is 5.91 Å². The number of fused-ring (bicyclic) bond motifs is 1. The highest BCUT2D eigenvalue weighted by Crippen LogP contribution is 2.40. The molecule has 2 aliphatic heterocycles. The van der Waals surface area contributed by atoms with Crippen molar-refractivity contribution in [3.8, 4) is 12.3 Å². The van der Waals surface area contributed by atoms with E-state index in [9.17, 15) is 9.59 Å². The fourth-order valence-electron chi connectivity index (χ4n) is 2.59. The lowest BCUT2D eigenvalue weighted by Gasteiger charge is -2.49. The Morgan fingerprint density at radius 2 is 2.11 bits per heavy atom. The predicted octanol–water partition coefficient (Wildman–Crippen LogP) is 1.86. The van der Waals surface area contributed by atoms with E-state index in [2.05, 4.69) is 5.92 Å². The second-order valence-electron chi connectivity index (χ2n) is 6.08. The monoisotopic (exact) mass is 261 g/mol. The number of carbonyl (C=O) groups is 2. The number of hydrogen-bond acceptors (Lipinski definition) is 3. The summed E-state index contributed by atoms with van der Waals surface area (Å²) < 4.78 is 5.36. The number of ether oxygens (including phenoxy) is 1. The first-order valence-corrected chi connectivity index (χ1v) is 6.52. The van der Waals surface area contributed by atoms with E-state index in [1.807, 2.05) is 6.92 Å². The van der Waals surface area contributed by atoms with Crippen LogP contribution in [0.5, 0.6) is 0 Å². The largest absolute Gasteiger partial charge is 0.455 e. The summed E-state index contributed by atoms with van der Waals surface area (Å²) in [5, 5.41) is 0. The second kappa shape index (κ2) is 4.41. The zero-order valence-electron chi connectivity index (χ0n) is 11.8. The molecule has 1 fully saturated rings. The summed E-state index contributed by atoms with van der Waals surface area (Å²) in [6.45, 7) is 7.27. The van der Waals surface area contributed by atoms with Crippen LogP contribution < -0.4 is 0 Å². The van der Waals surface area contributed by atoms with Crippen molar-refractivity contribution in [3.63, 3.8) is 0 Å². The molecular weight excluding hydrogens is 242 g/mol. The minimum absolute atomic E-state index is 0.0308. The molecule has 19 heavy (non-hydrogen) atoms. The molecule has 0 radical (unpaired) electrons. The number of hydrogen-bond donors (Lipinski definition) is 0. The van der Waals surface area contributed by atoms with Crippen molar-refractivity contribution in [3.05, 3.63) is 11.3 Å². The van der Waals surface area contributed by atoms with Gasteiger partial charge in [0.1, 0.15) is 11.3 Å². The Kier molecular flexibility index (Phi) is 3.17. The summed E-state index contributed by atoms with van der Waals surface area (Å²) in [6.07, 6.45) is 6.93. The molecule has 0 bridgehead atoms. The summed E-state index contributed by atoms with van der Waals surface area (Å²) in [5.74, 6) is 1.96. The van der Waals surface area contributed by atoms with Gasteiger partial charge in [0.25, 0.3) is 0 Å². The molecular formula is C15H19NO3. The molecule has 0 spiro atoms. The van der Waals surface area contributed by atoms with Crippen molar-refractivity contribution in [2.24, 2.45) is 5.92 Å². The Hall–Kier alpha value is -1.76. The molecule has 0 aromatic carbocycles. The first-order valence-electron chi connectivity index (χ1n) is 6.52. The Morgan fingerprint density at radius 1 is 1.47 bits per heavy atom. The molecule has 2 rings (SSSR count). The third-order valence-electron chi connectivity index (χ3n) is 3.52. The van der Waals surface area contributed by atoms with Crippen LogP contribution in [-0.2, 0) is 14.3 Å². The van der Waals surface area contributed by atoms with Gasteiger partial charge in [-0.25, -0.2) is 4.79 Å². The standard InChI is InChI=1S/C15H19NO3/c1-6-10-7-8-11-9(2)13(17)16(11)12(10)14(18)19-15(3,4)5/h1,9,11H,7-8H2,2-5H3/t9-,11?/m0/s1. The van der Waals surface area contributed by atoms with Gasteiger partial charge in [0.05, 0.1) is 5.92 Å². The summed E-state index contributed by atoms with van der Waals surface area (Å²) in [6, 6.07) is 0.0899. The molecule has 2 aliphatic rings. The van der Waals surface area contributed by atoms with E-state index in [1.54, 1.807) is 20.8 Å². The molecule has 0 saturated carbocycles. The van der Waals surface area contributed by atoms with Crippen LogP contribution in [0, 0.1) is 18.3 Å². The average molecular weight is 261 g/mol. The third kappa shape index (κ3) is 2.25. The Morgan fingerprint density at radius 3 is 2.63 bits per heavy atom. The summed E-state index contributed by atoms with van der Waals surface area (Å²) in [4.78, 5) is 25.7. The van der Waals surface area contributed by atoms with Crippen molar-refractivity contribution in [2.45, 2.75) is 52.2 Å². The number of allylic oxidation sites excluding steroid dienone is 1. The fraction of sp³-hybridized carbons (Fsp3) is 0.600. The highest BCUT2D eigenvalue weighted by molar-refractivity contribution is 5.99. The van der Waals surface area contributed by atoms with Crippen LogP contribution in [0.3, 0.4) is 0 Å². The van der Waals surface area contributed by atoms with Gasteiger partial charge in [-0.1, -0.05) is 12.8 Å². The number of nitrogens with zero attached hydrogens (tertiary/aromatic N) is 1. The third-order valence-corrected chi connectivity index (χ3v) is 3.52. The molecule has 4 heteroatoms. The molecule has 102 valence electrons. The van der Waals surface area contributed by atoms with Gasteiger partial charge in [-0.15, -0.1) is 6.42 Å². The molecule has 0 N–H and O–H groups in total. The van der Waals surface area contributed by atoms with Gasteiger partial charge in [-0.05, 0) is 33.6 Å². The van der Waals surface area contributed by atoms with Crippen molar-refractivity contribution >= 4 is 11.9 Å². The number of rotatable bonds is 1. The van der Waals surface area contributed by atoms with Crippen LogP contribution in [0.25, 0.3) is 0 Å². The lowest BCUT2D eigenvalue weighted by molar-refractivity contribution is -0.164. The van der Waals surface area contributed by atoms with Crippen molar-refractivity contribution < 1.29 is 14.3 Å². The van der Waals surface area contributed by atoms with E-state index in [1.165, 1.54) is 4.90 Å². The lowest BCUT2D eigenvalue weighted by atomic mass is 9.80. The molecule has 2 heterocycles. The molecule has 2 atom stereocenters. The van der Waals surface area contributed by atoms with E-state index in [4.69, 9.17) is 11.2 Å². The van der Waals surface area contributed by atoms with Gasteiger partial charge in [-0.2, -0.15) is 0 Å². The smallest absolute Gasteiger partial charge is 0.356 e. The Labute approximate surface area is 113 Å². The SMILES string of the molecule is C#CC1=C(C(=O)OC(C)(C)C)N2C(=O)[C@@H](C)C2CC1. The number of esters is 1. The lowest BCUT2D eigenvalue weighted by Crippen LogP contribution is -2.61. The zero-order chi connectivity index (χ0) is 14.4. The molecule has 0 aromatic heterocycles. The molecule has 1 amide bonds. The van der Waals surface area contributed by atoms with E-state index in [0.29, 0.717) is 12.0 Å². The topological polar surface area (TPSA) is 46.6 Å². The van der Waals surface area contributed by atoms with Crippen LogP contribution in [0.4, 0.5) is 0 Å². The first-order chi connectivity index (χ1) is 8.76. The van der Waals surface area contributed by atoms with Gasteiger partial charge >= 0.3 is 5.97 Å². The van der Waals surface area contributed by atoms with Gasteiger partial charge < -0.3 is 9.64 Å². The van der Waals surface area contributed by atoms with E-state index >= 15 is 0 Å². The maximum atomic E-state index is 12.3. The average Bonchev–Trinajstić information content (AvgIpc) is 2.33. The maximum absolute atomic E-state index is 12.3. The van der Waals surface area contributed by atoms with Crippen molar-refractivity contribution in [2.75, 3.05) is 0 Å². The predicted molar refractivity (Wildman–Crippen MR) is 70.7 cm³/mol. The highest BCUT2D eigenvalue weighted by Gasteiger charge is 2.50. The number of β-lactam (4-membered cyclic amide) rings is 1. The minimum Gasteiger partial charge on any atom is -0.455 e. The molecule has 4 nitrogen and oxygen atoms in total. The van der Waals surface area contributed by atoms with E-state index in [0.717, 1.165) is 6.42 Å². The van der Waals surface area contributed by atoms with Crippen LogP contribution in [0.15, 0.2) is 11.3 Å². The maximum Gasteiger partial charge on any atom is 0.356 e. The summed E-state index contributed by atoms with van der Waals surface area (Å²) >= 11 is 0. The van der Waals surface area contributed by atoms with Gasteiger partial charge in [0, 0.05) is 11.6 Å². The molecule has 1 unspecified atom stereocenters. The quantitative estimate of drug-likeness (QED) is 0.411. The zero-order valence-corrected chi connectivity index (χ0v) is 11.8. The normalized spacial score (nSPS) is 26.5. The highest BCUT2D eigenvalue weighted by atomic mass is 16.6.